The number of sulfonamides is 1. The largest absolute Gasteiger partial charge is 0.619 e. The zero-order valence-corrected chi connectivity index (χ0v) is 34.2. The molecule has 2 fully saturated rings. The number of anilines is 1. The average Bonchev–Trinajstić information content (AvgIpc) is 3.98. The summed E-state index contributed by atoms with van der Waals surface area (Å²) in [6, 6.07) is 8.02. The van der Waals surface area contributed by atoms with Crippen LogP contribution in [0.2, 0.25) is 10.0 Å². The molecule has 24 heteroatoms. The highest BCUT2D eigenvalue weighted by molar-refractivity contribution is 7.92. The maximum absolute atomic E-state index is 13.6. The number of benzene rings is 2. The van der Waals surface area contributed by atoms with E-state index in [0.717, 1.165) is 35.8 Å². The molecule has 2 aliphatic heterocycles. The van der Waals surface area contributed by atoms with E-state index in [2.05, 4.69) is 9.64 Å². The van der Waals surface area contributed by atoms with Gasteiger partial charge in [0.05, 0.1) is 42.9 Å². The Kier molecular flexibility index (Phi) is 15.2. The summed E-state index contributed by atoms with van der Waals surface area (Å²) in [6.07, 6.45) is -1.56. The highest BCUT2D eigenvalue weighted by Gasteiger charge is 2.39. The van der Waals surface area contributed by atoms with Gasteiger partial charge in [-0.25, -0.2) is 13.2 Å². The third-order valence-corrected chi connectivity index (χ3v) is 11.2. The van der Waals surface area contributed by atoms with Crippen molar-refractivity contribution in [1.29, 1.82) is 0 Å². The Bertz CT molecular complexity index is 2220. The number of carboxylic acid groups (broad SMARTS) is 1. The van der Waals surface area contributed by atoms with Gasteiger partial charge < -0.3 is 29.3 Å². The van der Waals surface area contributed by atoms with E-state index in [1.165, 1.54) is 36.4 Å². The number of ether oxygens (including phenoxy) is 4. The maximum Gasteiger partial charge on any atom is 0.490 e. The van der Waals surface area contributed by atoms with E-state index < -0.39 is 59.2 Å². The van der Waals surface area contributed by atoms with Crippen molar-refractivity contribution in [3.8, 4) is 11.5 Å². The van der Waals surface area contributed by atoms with Crippen molar-refractivity contribution in [3.63, 3.8) is 0 Å². The number of aliphatic carboxylic acids is 1. The lowest BCUT2D eigenvalue weighted by Crippen LogP contribution is -2.43. The number of hydrogen-bond donors (Lipinski definition) is 1. The van der Waals surface area contributed by atoms with E-state index in [1.807, 2.05) is 0 Å². The fourth-order valence-corrected chi connectivity index (χ4v) is 7.62. The van der Waals surface area contributed by atoms with E-state index in [9.17, 15) is 50.0 Å². The number of pyridine rings is 1. The second-order valence-corrected chi connectivity index (χ2v) is 16.6. The number of hydrogen-bond acceptors (Lipinski definition) is 12. The Morgan fingerprint density at radius 3 is 2.21 bits per heavy atom. The number of esters is 1. The molecule has 1 atom stereocenters. The summed E-state index contributed by atoms with van der Waals surface area (Å²) in [5.74, 6) is -5.46. The molecule has 1 saturated carbocycles. The summed E-state index contributed by atoms with van der Waals surface area (Å²) in [4.78, 5) is 52.2. The molecule has 0 spiro atoms. The van der Waals surface area contributed by atoms with Crippen LogP contribution in [-0.2, 0) is 35.5 Å². The molecule has 332 valence electrons. The molecule has 2 amide bonds. The van der Waals surface area contributed by atoms with E-state index in [1.54, 1.807) is 0 Å². The van der Waals surface area contributed by atoms with Crippen LogP contribution in [0.5, 0.6) is 11.5 Å². The van der Waals surface area contributed by atoms with E-state index in [0.29, 0.717) is 42.5 Å². The zero-order chi connectivity index (χ0) is 44.8. The SMILES string of the molecule is CS(=O)(=O)N(CCN1CCOCC1)c1ccc2c(c1)C(=O)N(CC(=O)O[C@@H](Cc1c(Cl)c[n+]([O-])cc1Cl)c1ccc(OC(F)F)c(OCC3CC3)c1)C2=O.O=C(O)C(F)(F)F. The molecule has 3 aliphatic rings. The van der Waals surface area contributed by atoms with Crippen molar-refractivity contribution in [3.05, 3.63) is 86.3 Å². The number of carboxylic acids is 1. The minimum atomic E-state index is -5.08. The molecule has 2 aromatic carbocycles. The lowest BCUT2D eigenvalue weighted by Gasteiger charge is -2.30. The smallest absolute Gasteiger partial charge is 0.490 e. The van der Waals surface area contributed by atoms with Crippen molar-refractivity contribution in [2.24, 2.45) is 5.92 Å². The Hall–Kier alpha value is -5.03. The molecule has 1 saturated heterocycles. The van der Waals surface area contributed by atoms with Crippen molar-refractivity contribution in [1.82, 2.24) is 9.80 Å². The summed E-state index contributed by atoms with van der Waals surface area (Å²) in [5.41, 5.74) is 0.504. The molecule has 16 nitrogen and oxygen atoms in total. The summed E-state index contributed by atoms with van der Waals surface area (Å²) in [5, 5.41) is 18.9. The summed E-state index contributed by atoms with van der Waals surface area (Å²) >= 11 is 12.7. The van der Waals surface area contributed by atoms with Crippen LogP contribution in [0.25, 0.3) is 0 Å². The van der Waals surface area contributed by atoms with Gasteiger partial charge in [-0.2, -0.15) is 26.7 Å². The van der Waals surface area contributed by atoms with Crippen LogP contribution < -0.4 is 18.5 Å². The van der Waals surface area contributed by atoms with E-state index in [-0.39, 0.29) is 75.0 Å². The molecule has 1 aliphatic carbocycles. The minimum absolute atomic E-state index is 0.0319. The highest BCUT2D eigenvalue weighted by Crippen LogP contribution is 2.38. The van der Waals surface area contributed by atoms with Crippen LogP contribution in [0.3, 0.4) is 0 Å². The molecular weight excluding hydrogens is 890 g/mol. The van der Waals surface area contributed by atoms with Gasteiger partial charge in [0.25, 0.3) is 11.8 Å². The first kappa shape index (κ1) is 47.0. The molecule has 1 N–H and O–H groups in total. The van der Waals surface area contributed by atoms with E-state index in [4.69, 9.17) is 47.3 Å². The minimum Gasteiger partial charge on any atom is -0.619 e. The standard InChI is InChI=1S/C35H36Cl2F2N4O10S.C2HF3O2/c1-54(48,49)43(9-8-40-10-12-50-13-11-40)23-5-6-24-25(15-23)34(46)42(33(24)45)19-32(44)52-30(16-26-27(36)17-41(47)18-28(26)37)22-4-7-29(53-35(38)39)31(14-22)51-20-21-2-3-21;3-2(4,5)1(6)7/h4-7,14-15,17-18,21,30,35H,2-3,8-13,16,19-20H2,1H3;(H,6,7)/t30-;/m0./s1. The van der Waals surface area contributed by atoms with Gasteiger partial charge in [-0.1, -0.05) is 29.3 Å². The predicted molar refractivity (Wildman–Crippen MR) is 204 cm³/mol. The summed E-state index contributed by atoms with van der Waals surface area (Å²) in [6.45, 7) is -0.907. The Morgan fingerprint density at radius 1 is 1.02 bits per heavy atom. The quantitative estimate of drug-likeness (QED) is 0.0673. The van der Waals surface area contributed by atoms with Crippen LogP contribution in [0.4, 0.5) is 27.6 Å². The molecule has 1 aromatic heterocycles. The first-order chi connectivity index (χ1) is 28.6. The van der Waals surface area contributed by atoms with Gasteiger partial charge in [0, 0.05) is 38.2 Å². The number of aromatic nitrogens is 1. The third kappa shape index (κ3) is 12.8. The second kappa shape index (κ2) is 19.8. The number of rotatable bonds is 16. The van der Waals surface area contributed by atoms with E-state index >= 15 is 0 Å². The topological polar surface area (TPSA) is 196 Å². The van der Waals surface area contributed by atoms with Gasteiger partial charge >= 0.3 is 24.7 Å². The first-order valence-corrected chi connectivity index (χ1v) is 20.8. The molecule has 0 unspecified atom stereocenters. The lowest BCUT2D eigenvalue weighted by atomic mass is 10.0. The molecule has 3 aromatic rings. The van der Waals surface area contributed by atoms with Gasteiger partial charge in [0.1, 0.15) is 22.7 Å². The third-order valence-electron chi connectivity index (χ3n) is 9.34. The molecule has 0 bridgehead atoms. The lowest BCUT2D eigenvalue weighted by molar-refractivity contribution is -0.605. The number of imide groups is 1. The number of carbonyl (C=O) groups is 4. The van der Waals surface area contributed by atoms with Crippen LogP contribution >= 0.6 is 23.2 Å². The van der Waals surface area contributed by atoms with Crippen molar-refractivity contribution in [2.45, 2.75) is 38.2 Å². The Labute approximate surface area is 354 Å². The Morgan fingerprint density at radius 2 is 1.64 bits per heavy atom. The maximum atomic E-state index is 13.6. The highest BCUT2D eigenvalue weighted by atomic mass is 35.5. The monoisotopic (exact) mass is 926 g/mol. The number of alkyl halides is 5. The summed E-state index contributed by atoms with van der Waals surface area (Å²) < 4.78 is 107. The number of fused-ring (bicyclic) bond motifs is 1. The van der Waals surface area contributed by atoms with Gasteiger partial charge in [-0.15, -0.1) is 0 Å². The number of amides is 2. The van der Waals surface area contributed by atoms with Gasteiger partial charge in [0.15, 0.2) is 23.9 Å². The van der Waals surface area contributed by atoms with Crippen molar-refractivity contribution >= 4 is 62.7 Å². The van der Waals surface area contributed by atoms with Crippen LogP contribution in [0.15, 0.2) is 48.8 Å². The average molecular weight is 928 g/mol. The summed E-state index contributed by atoms with van der Waals surface area (Å²) in [7, 11) is -3.79. The zero-order valence-electron chi connectivity index (χ0n) is 31.9. The molecule has 6 rings (SSSR count). The van der Waals surface area contributed by atoms with Crippen molar-refractivity contribution < 1.29 is 78.3 Å². The Balaban J connectivity index is 0.000000925. The van der Waals surface area contributed by atoms with Crippen LogP contribution in [0.1, 0.15) is 50.8 Å². The predicted octanol–water partition coefficient (Wildman–Crippen LogP) is 4.87. The van der Waals surface area contributed by atoms with Gasteiger partial charge in [-0.05, 0) is 54.7 Å². The fraction of sp³-hybridized carbons (Fsp3) is 0.432. The molecular formula is C37H37Cl2F5N4O12S. The molecule has 61 heavy (non-hydrogen) atoms. The van der Waals surface area contributed by atoms with Crippen LogP contribution in [0, 0.1) is 11.1 Å². The molecule has 0 radical (unpaired) electrons. The number of carbonyl (C=O) groups excluding carboxylic acids is 3. The molecule has 3 heterocycles. The van der Waals surface area contributed by atoms with Crippen LogP contribution in [-0.4, -0.2) is 119 Å². The van der Waals surface area contributed by atoms with Gasteiger partial charge in [0.2, 0.25) is 10.0 Å². The normalized spacial score (nSPS) is 16.1. The van der Waals surface area contributed by atoms with Gasteiger partial charge in [-0.3, -0.25) is 28.5 Å². The number of halogens is 7. The number of nitrogens with zero attached hydrogens (tertiary/aromatic N) is 4. The second-order valence-electron chi connectivity index (χ2n) is 13.8. The number of morpholine rings is 1. The van der Waals surface area contributed by atoms with Crippen molar-refractivity contribution in [2.75, 3.05) is 63.1 Å². The first-order valence-electron chi connectivity index (χ1n) is 18.2. The fourth-order valence-electron chi connectivity index (χ4n) is 6.11.